The topological polar surface area (TPSA) is 106 Å². The fourth-order valence-corrected chi connectivity index (χ4v) is 1.17. The van der Waals surface area contributed by atoms with E-state index in [2.05, 4.69) is 20.9 Å². The highest BCUT2D eigenvalue weighted by Crippen LogP contribution is 1.83. The smallest absolute Gasteiger partial charge is 0.330 e. The van der Waals surface area contributed by atoms with Crippen LogP contribution in [0.25, 0.3) is 0 Å². The van der Waals surface area contributed by atoms with Gasteiger partial charge in [-0.05, 0) is 26.1 Å². The van der Waals surface area contributed by atoms with Crippen LogP contribution in [0.1, 0.15) is 20.3 Å². The van der Waals surface area contributed by atoms with E-state index in [9.17, 15) is 14.4 Å². The summed E-state index contributed by atoms with van der Waals surface area (Å²) in [7, 11) is 0. The number of nitrogens with one attached hydrogen (secondary N) is 3. The third-order valence-electron chi connectivity index (χ3n) is 1.89. The van der Waals surface area contributed by atoms with Crippen molar-refractivity contribution < 1.29 is 23.9 Å². The standard InChI is InChI=1S/C12H19N3O5S/c1-3-19-8-7-10(17)14-15-12(21)13-9(16)5-6-11(18)20-4-2/h5-6H,3-4,7-8H2,1-2H3,(H,14,17)(H2,13,15,16,21)/b6-5+. The Morgan fingerprint density at radius 3 is 2.43 bits per heavy atom. The predicted molar refractivity (Wildman–Crippen MR) is 78.9 cm³/mol. The quantitative estimate of drug-likeness (QED) is 0.192. The third kappa shape index (κ3) is 11.5. The Kier molecular flexibility index (Phi) is 10.7. The largest absolute Gasteiger partial charge is 0.463 e. The first-order valence-electron chi connectivity index (χ1n) is 6.32. The molecule has 118 valence electrons. The molecular formula is C12H19N3O5S. The van der Waals surface area contributed by atoms with Gasteiger partial charge in [-0.25, -0.2) is 4.79 Å². The molecular weight excluding hydrogens is 298 g/mol. The molecule has 0 aliphatic carbocycles. The van der Waals surface area contributed by atoms with Gasteiger partial charge in [-0.1, -0.05) is 0 Å². The van der Waals surface area contributed by atoms with Crippen LogP contribution < -0.4 is 16.2 Å². The van der Waals surface area contributed by atoms with Crippen LogP contribution >= 0.6 is 12.2 Å². The van der Waals surface area contributed by atoms with Gasteiger partial charge in [0.05, 0.1) is 19.6 Å². The van der Waals surface area contributed by atoms with Crippen LogP contribution in [-0.2, 0) is 23.9 Å². The van der Waals surface area contributed by atoms with Crippen molar-refractivity contribution in [1.29, 1.82) is 0 Å². The SMILES string of the molecule is CCOCCC(=O)NNC(=S)NC(=O)/C=C/C(=O)OCC. The zero-order valence-electron chi connectivity index (χ0n) is 11.9. The number of hydrazine groups is 1. The number of thiocarbonyl (C=S) groups is 1. The fourth-order valence-electron chi connectivity index (χ4n) is 1.02. The fraction of sp³-hybridized carbons (Fsp3) is 0.500. The summed E-state index contributed by atoms with van der Waals surface area (Å²) in [6.45, 7) is 4.52. The molecule has 0 unspecified atom stereocenters. The van der Waals surface area contributed by atoms with Crippen molar-refractivity contribution in [2.24, 2.45) is 0 Å². The van der Waals surface area contributed by atoms with Crippen LogP contribution in [-0.4, -0.2) is 42.7 Å². The van der Waals surface area contributed by atoms with Crippen LogP contribution in [0.3, 0.4) is 0 Å². The first-order chi connectivity index (χ1) is 9.99. The molecule has 8 nitrogen and oxygen atoms in total. The Balaban J connectivity index is 3.90. The van der Waals surface area contributed by atoms with Crippen LogP contribution in [0.4, 0.5) is 0 Å². The van der Waals surface area contributed by atoms with E-state index in [1.807, 2.05) is 6.92 Å². The van der Waals surface area contributed by atoms with Crippen molar-refractivity contribution in [3.8, 4) is 0 Å². The zero-order chi connectivity index (χ0) is 16.1. The second-order valence-electron chi connectivity index (χ2n) is 3.52. The summed E-state index contributed by atoms with van der Waals surface area (Å²) in [5.41, 5.74) is 4.64. The second-order valence-corrected chi connectivity index (χ2v) is 3.93. The van der Waals surface area contributed by atoms with Crippen molar-refractivity contribution >= 4 is 35.1 Å². The van der Waals surface area contributed by atoms with Crippen LogP contribution in [0, 0.1) is 0 Å². The Morgan fingerprint density at radius 1 is 1.10 bits per heavy atom. The van der Waals surface area contributed by atoms with Gasteiger partial charge >= 0.3 is 5.97 Å². The molecule has 21 heavy (non-hydrogen) atoms. The summed E-state index contributed by atoms with van der Waals surface area (Å²) < 4.78 is 9.61. The summed E-state index contributed by atoms with van der Waals surface area (Å²) in [4.78, 5) is 33.6. The Labute approximate surface area is 128 Å². The average Bonchev–Trinajstić information content (AvgIpc) is 2.43. The lowest BCUT2D eigenvalue weighted by atomic mass is 10.4. The molecule has 0 fully saturated rings. The first kappa shape index (κ1) is 19.0. The number of carbonyl (C=O) groups excluding carboxylic acids is 3. The summed E-state index contributed by atoms with van der Waals surface area (Å²) in [5.74, 6) is -1.58. The molecule has 0 bridgehead atoms. The van der Waals surface area contributed by atoms with Crippen LogP contribution in [0.5, 0.6) is 0 Å². The van der Waals surface area contributed by atoms with Crippen molar-refractivity contribution in [3.05, 3.63) is 12.2 Å². The lowest BCUT2D eigenvalue weighted by Crippen LogP contribution is -2.48. The molecule has 0 saturated heterocycles. The Morgan fingerprint density at radius 2 is 1.81 bits per heavy atom. The molecule has 0 aromatic rings. The van der Waals surface area contributed by atoms with Crippen LogP contribution in [0.15, 0.2) is 12.2 Å². The lowest BCUT2D eigenvalue weighted by molar-refractivity contribution is -0.137. The molecule has 0 spiro atoms. The zero-order valence-corrected chi connectivity index (χ0v) is 12.7. The highest BCUT2D eigenvalue weighted by atomic mass is 32.1. The van der Waals surface area contributed by atoms with Crippen molar-refractivity contribution in [2.45, 2.75) is 20.3 Å². The molecule has 0 atom stereocenters. The molecule has 0 aliphatic heterocycles. The minimum atomic E-state index is -0.629. The highest BCUT2D eigenvalue weighted by Gasteiger charge is 2.04. The molecule has 9 heteroatoms. The van der Waals surface area contributed by atoms with Gasteiger partial charge in [0.1, 0.15) is 0 Å². The summed E-state index contributed by atoms with van der Waals surface area (Å²) in [5, 5.41) is 2.14. The molecule has 0 saturated carbocycles. The van der Waals surface area contributed by atoms with Gasteiger partial charge in [0.2, 0.25) is 11.8 Å². The van der Waals surface area contributed by atoms with Gasteiger partial charge in [0.25, 0.3) is 0 Å². The van der Waals surface area contributed by atoms with Gasteiger partial charge in [-0.2, -0.15) is 0 Å². The van der Waals surface area contributed by atoms with Crippen molar-refractivity contribution in [1.82, 2.24) is 16.2 Å². The van der Waals surface area contributed by atoms with Gasteiger partial charge < -0.3 is 9.47 Å². The van der Waals surface area contributed by atoms with E-state index in [0.29, 0.717) is 13.2 Å². The normalized spacial score (nSPS) is 10.0. The summed E-state index contributed by atoms with van der Waals surface area (Å²) in [6.07, 6.45) is 2.12. The predicted octanol–water partition coefficient (Wildman–Crippen LogP) is -0.446. The summed E-state index contributed by atoms with van der Waals surface area (Å²) in [6, 6.07) is 0. The maximum atomic E-state index is 11.4. The average molecular weight is 317 g/mol. The third-order valence-corrected chi connectivity index (χ3v) is 2.09. The minimum Gasteiger partial charge on any atom is -0.463 e. The van der Waals surface area contributed by atoms with Gasteiger partial charge in [-0.3, -0.25) is 25.8 Å². The number of carbonyl (C=O) groups is 3. The van der Waals surface area contributed by atoms with Gasteiger partial charge in [0.15, 0.2) is 5.11 Å². The van der Waals surface area contributed by atoms with Crippen LogP contribution in [0.2, 0.25) is 0 Å². The van der Waals surface area contributed by atoms with E-state index >= 15 is 0 Å². The first-order valence-corrected chi connectivity index (χ1v) is 6.72. The van der Waals surface area contributed by atoms with Crippen molar-refractivity contribution in [2.75, 3.05) is 19.8 Å². The Bertz CT molecular complexity index is 412. The molecule has 0 radical (unpaired) electrons. The number of rotatable bonds is 7. The maximum Gasteiger partial charge on any atom is 0.330 e. The highest BCUT2D eigenvalue weighted by molar-refractivity contribution is 7.80. The van der Waals surface area contributed by atoms with E-state index in [1.165, 1.54) is 0 Å². The number of hydrogen-bond donors (Lipinski definition) is 3. The molecule has 0 aromatic carbocycles. The van der Waals surface area contributed by atoms with E-state index in [4.69, 9.17) is 17.0 Å². The molecule has 3 N–H and O–H groups in total. The molecule has 0 aliphatic rings. The van der Waals surface area contributed by atoms with E-state index < -0.39 is 11.9 Å². The summed E-state index contributed by atoms with van der Waals surface area (Å²) >= 11 is 4.78. The maximum absolute atomic E-state index is 11.4. The van der Waals surface area contributed by atoms with E-state index in [0.717, 1.165) is 12.2 Å². The Hall–Kier alpha value is -2.00. The van der Waals surface area contributed by atoms with E-state index in [-0.39, 0.29) is 24.0 Å². The molecule has 0 rings (SSSR count). The lowest BCUT2D eigenvalue weighted by Gasteiger charge is -2.09. The number of esters is 1. The van der Waals surface area contributed by atoms with Gasteiger partial charge in [0, 0.05) is 18.8 Å². The molecule has 0 aromatic heterocycles. The van der Waals surface area contributed by atoms with Crippen molar-refractivity contribution in [3.63, 3.8) is 0 Å². The molecule has 0 heterocycles. The number of amides is 2. The monoisotopic (exact) mass is 317 g/mol. The number of ether oxygens (including phenoxy) is 2. The minimum absolute atomic E-state index is 0.0988. The second kappa shape index (κ2) is 11.8. The van der Waals surface area contributed by atoms with E-state index in [1.54, 1.807) is 6.92 Å². The molecule has 2 amide bonds. The number of hydrogen-bond acceptors (Lipinski definition) is 6. The van der Waals surface area contributed by atoms with Gasteiger partial charge in [-0.15, -0.1) is 0 Å².